The first-order chi connectivity index (χ1) is 7.24. The molecule has 0 fully saturated rings. The molecule has 7 heteroatoms. The molecule has 0 heterocycles. The Bertz CT molecular complexity index is 183. The van der Waals surface area contributed by atoms with Gasteiger partial charge in [0.25, 0.3) is 0 Å². The molecule has 0 radical (unpaired) electrons. The van der Waals surface area contributed by atoms with E-state index in [2.05, 4.69) is 6.58 Å². The second kappa shape index (κ2) is 10.3. The molecule has 0 saturated heterocycles. The van der Waals surface area contributed by atoms with Crippen molar-refractivity contribution in [3.05, 3.63) is 12.7 Å². The largest absolute Gasteiger partial charge is 0.468 e. The maximum Gasteiger partial charge on any atom is 0.330 e. The normalized spacial score (nSPS) is 13.1. The van der Waals surface area contributed by atoms with E-state index in [0.29, 0.717) is 6.61 Å². The van der Waals surface area contributed by atoms with E-state index in [1.54, 1.807) is 0 Å². The number of hydrogen-bond donors (Lipinski definition) is 0. The molecule has 0 aliphatic carbocycles. The molecule has 0 aliphatic heterocycles. The van der Waals surface area contributed by atoms with Gasteiger partial charge in [-0.05, 0) is 19.4 Å². The van der Waals surface area contributed by atoms with Gasteiger partial charge in [-0.25, -0.2) is 4.79 Å². The summed E-state index contributed by atoms with van der Waals surface area (Å²) in [5, 5.41) is 0. The SMILES string of the molecule is C=CC(=O)OCCC[SiH](OCC)[SiH2]O[SiH3]. The highest BCUT2D eigenvalue weighted by Gasteiger charge is 2.11. The third kappa shape index (κ3) is 8.75. The Kier molecular flexibility index (Phi) is 10.2. The molecule has 0 saturated carbocycles. The van der Waals surface area contributed by atoms with Crippen LogP contribution in [0.3, 0.4) is 0 Å². The highest BCUT2D eigenvalue weighted by Crippen LogP contribution is 1.99. The van der Waals surface area contributed by atoms with Crippen molar-refractivity contribution in [3.8, 4) is 0 Å². The number of hydrogen-bond acceptors (Lipinski definition) is 4. The van der Waals surface area contributed by atoms with E-state index in [1.165, 1.54) is 6.08 Å². The van der Waals surface area contributed by atoms with Crippen LogP contribution in [0.4, 0.5) is 0 Å². The summed E-state index contributed by atoms with van der Waals surface area (Å²) in [5.41, 5.74) is 0. The van der Waals surface area contributed by atoms with Crippen LogP contribution in [-0.2, 0) is 18.1 Å². The Morgan fingerprint density at radius 1 is 1.67 bits per heavy atom. The topological polar surface area (TPSA) is 44.8 Å². The lowest BCUT2D eigenvalue weighted by Crippen LogP contribution is -2.28. The summed E-state index contributed by atoms with van der Waals surface area (Å²) in [5.74, 6) is -0.346. The molecule has 0 aliphatic rings. The molecule has 0 aromatic heterocycles. The second-order valence-electron chi connectivity index (χ2n) is 3.05. The summed E-state index contributed by atoms with van der Waals surface area (Å²) in [4.78, 5) is 10.7. The number of rotatable bonds is 9. The van der Waals surface area contributed by atoms with Crippen molar-refractivity contribution in [3.63, 3.8) is 0 Å². The minimum Gasteiger partial charge on any atom is -0.468 e. The highest BCUT2D eigenvalue weighted by atomic mass is 29.2. The number of carbonyl (C=O) groups is 1. The van der Waals surface area contributed by atoms with Crippen molar-refractivity contribution in [1.29, 1.82) is 0 Å². The van der Waals surface area contributed by atoms with Gasteiger partial charge in [0.15, 0.2) is 17.8 Å². The van der Waals surface area contributed by atoms with Gasteiger partial charge in [0, 0.05) is 12.7 Å². The van der Waals surface area contributed by atoms with E-state index < -0.39 is 17.8 Å². The van der Waals surface area contributed by atoms with E-state index in [1.807, 2.05) is 6.92 Å². The molecule has 0 aromatic carbocycles. The van der Waals surface area contributed by atoms with Gasteiger partial charge in [-0.1, -0.05) is 6.58 Å². The highest BCUT2D eigenvalue weighted by molar-refractivity contribution is 7.07. The number of ether oxygens (including phenoxy) is 1. The summed E-state index contributed by atoms with van der Waals surface area (Å²) in [6.45, 7) is 6.60. The third-order valence-electron chi connectivity index (χ3n) is 1.84. The molecule has 0 spiro atoms. The fourth-order valence-electron chi connectivity index (χ4n) is 1.18. The molecule has 1 atom stereocenters. The van der Waals surface area contributed by atoms with E-state index in [0.717, 1.165) is 29.6 Å². The van der Waals surface area contributed by atoms with E-state index in [4.69, 9.17) is 13.3 Å². The molecular weight excluding hydrogens is 244 g/mol. The van der Waals surface area contributed by atoms with Crippen LogP contribution in [0.1, 0.15) is 13.3 Å². The Morgan fingerprint density at radius 3 is 2.93 bits per heavy atom. The van der Waals surface area contributed by atoms with Gasteiger partial charge in [0.1, 0.15) is 10.5 Å². The minimum atomic E-state index is -1.07. The average Bonchev–Trinajstić information content (AvgIpc) is 2.24. The lowest BCUT2D eigenvalue weighted by atomic mass is 10.5. The van der Waals surface area contributed by atoms with Gasteiger partial charge in [0.05, 0.1) is 6.61 Å². The Morgan fingerprint density at radius 2 is 2.40 bits per heavy atom. The maximum absolute atomic E-state index is 10.7. The van der Waals surface area contributed by atoms with Crippen LogP contribution in [0.5, 0.6) is 0 Å². The maximum atomic E-state index is 10.7. The van der Waals surface area contributed by atoms with Crippen LogP contribution in [-0.4, -0.2) is 47.5 Å². The van der Waals surface area contributed by atoms with Crippen LogP contribution >= 0.6 is 0 Å². The molecule has 0 aromatic rings. The standard InChI is InChI=1S/C8H20O4Si3/c1-3-8(9)10-6-5-7-15(11-4-2)14-12-13/h3,15H,1,4-7,14H2,2,13H3. The molecule has 4 nitrogen and oxygen atoms in total. The summed E-state index contributed by atoms with van der Waals surface area (Å²) in [7, 11) is -0.663. The fraction of sp³-hybridized carbons (Fsp3) is 0.625. The Hall–Kier alpha value is -0.219. The molecule has 0 N–H and O–H groups in total. The van der Waals surface area contributed by atoms with Crippen LogP contribution in [0.25, 0.3) is 0 Å². The third-order valence-corrected chi connectivity index (χ3v) is 11.4. The van der Waals surface area contributed by atoms with Gasteiger partial charge in [-0.3, -0.25) is 0 Å². The molecule has 1 unspecified atom stereocenters. The smallest absolute Gasteiger partial charge is 0.330 e. The summed E-state index contributed by atoms with van der Waals surface area (Å²) >= 11 is 0. The zero-order valence-corrected chi connectivity index (χ0v) is 14.1. The van der Waals surface area contributed by atoms with Crippen molar-refractivity contribution in [1.82, 2.24) is 0 Å². The van der Waals surface area contributed by atoms with Crippen molar-refractivity contribution in [2.75, 3.05) is 13.2 Å². The zero-order valence-electron chi connectivity index (χ0n) is 9.53. The first-order valence-corrected chi connectivity index (χ1v) is 11.1. The van der Waals surface area contributed by atoms with Gasteiger partial charge in [0.2, 0.25) is 0 Å². The second-order valence-corrected chi connectivity index (χ2v) is 11.6. The summed E-state index contributed by atoms with van der Waals surface area (Å²) in [6, 6.07) is 1.05. The molecule has 0 bridgehead atoms. The molecule has 15 heavy (non-hydrogen) atoms. The van der Waals surface area contributed by atoms with E-state index >= 15 is 0 Å². The van der Waals surface area contributed by atoms with Crippen molar-refractivity contribution in [2.24, 2.45) is 0 Å². The quantitative estimate of drug-likeness (QED) is 0.226. The zero-order chi connectivity index (χ0) is 11.5. The predicted octanol–water partition coefficient (Wildman–Crippen LogP) is -1.26. The van der Waals surface area contributed by atoms with Crippen molar-refractivity contribution < 1.29 is 18.1 Å². The predicted molar refractivity (Wildman–Crippen MR) is 68.9 cm³/mol. The van der Waals surface area contributed by atoms with Crippen molar-refractivity contribution in [2.45, 2.75) is 19.4 Å². The first-order valence-electron chi connectivity index (χ1n) is 5.14. The van der Waals surface area contributed by atoms with Crippen LogP contribution in [0.15, 0.2) is 12.7 Å². The molecular formula is C8H20O4Si3. The molecule has 0 amide bonds. The summed E-state index contributed by atoms with van der Waals surface area (Å²) in [6.07, 6.45) is 2.07. The fourth-order valence-corrected chi connectivity index (χ4v) is 9.90. The lowest BCUT2D eigenvalue weighted by Gasteiger charge is -2.13. The minimum absolute atomic E-state index is 0.346. The van der Waals surface area contributed by atoms with Gasteiger partial charge < -0.3 is 13.3 Å². The summed E-state index contributed by atoms with van der Waals surface area (Å²) < 4.78 is 15.9. The van der Waals surface area contributed by atoms with Crippen LogP contribution in [0.2, 0.25) is 6.04 Å². The van der Waals surface area contributed by atoms with Crippen molar-refractivity contribution >= 4 is 34.3 Å². The number of carbonyl (C=O) groups excluding carboxylic acids is 1. The lowest BCUT2D eigenvalue weighted by molar-refractivity contribution is -0.137. The van der Waals surface area contributed by atoms with Crippen LogP contribution < -0.4 is 0 Å². The molecule has 0 rings (SSSR count). The van der Waals surface area contributed by atoms with E-state index in [-0.39, 0.29) is 5.97 Å². The van der Waals surface area contributed by atoms with E-state index in [9.17, 15) is 4.79 Å². The Labute approximate surface area is 98.0 Å². The molecule has 88 valence electrons. The Balaban J connectivity index is 3.52. The average molecular weight is 265 g/mol. The van der Waals surface area contributed by atoms with Crippen LogP contribution in [0, 0.1) is 0 Å². The first kappa shape index (κ1) is 14.8. The van der Waals surface area contributed by atoms with Gasteiger partial charge >= 0.3 is 5.97 Å². The monoisotopic (exact) mass is 264 g/mol. The van der Waals surface area contributed by atoms with Gasteiger partial charge in [-0.2, -0.15) is 0 Å². The van der Waals surface area contributed by atoms with Gasteiger partial charge in [-0.15, -0.1) is 0 Å². The number of esters is 1.